The Labute approximate surface area is 129 Å². The van der Waals surface area contributed by atoms with Gasteiger partial charge in [-0.3, -0.25) is 0 Å². The van der Waals surface area contributed by atoms with Crippen molar-refractivity contribution in [3.63, 3.8) is 0 Å². The molecule has 2 nitrogen and oxygen atoms in total. The maximum atomic E-state index is 6.05. The van der Waals surface area contributed by atoms with E-state index in [0.29, 0.717) is 23.6 Å². The lowest BCUT2D eigenvalue weighted by Crippen LogP contribution is -2.64. The standard InChI is InChI=1S/C19H29NO/c1-3-21-18-14-17(19(18)12-8-5-9-13-19)20-15(2)16-10-6-4-7-11-16/h4,6-7,10-11,15,17-18,20H,3,5,8-9,12-14H2,1-2H3. The minimum absolute atomic E-state index is 0.414. The Kier molecular flexibility index (Phi) is 4.66. The third-order valence-corrected chi connectivity index (χ3v) is 5.69. The van der Waals surface area contributed by atoms with Gasteiger partial charge in [-0.05, 0) is 38.7 Å². The van der Waals surface area contributed by atoms with Crippen molar-refractivity contribution < 1.29 is 4.74 Å². The highest BCUT2D eigenvalue weighted by atomic mass is 16.5. The van der Waals surface area contributed by atoms with Crippen LogP contribution in [0.1, 0.15) is 64.0 Å². The lowest BCUT2D eigenvalue weighted by atomic mass is 9.55. The van der Waals surface area contributed by atoms with Crippen LogP contribution >= 0.6 is 0 Å². The Morgan fingerprint density at radius 3 is 2.57 bits per heavy atom. The lowest BCUT2D eigenvalue weighted by molar-refractivity contribution is -0.152. The molecule has 2 fully saturated rings. The number of ether oxygens (including phenoxy) is 1. The number of rotatable bonds is 5. The quantitative estimate of drug-likeness (QED) is 0.863. The van der Waals surface area contributed by atoms with Crippen molar-refractivity contribution >= 4 is 0 Å². The van der Waals surface area contributed by atoms with Gasteiger partial charge in [-0.25, -0.2) is 0 Å². The summed E-state index contributed by atoms with van der Waals surface area (Å²) in [6, 6.07) is 11.9. The van der Waals surface area contributed by atoms with Crippen molar-refractivity contribution in [3.05, 3.63) is 35.9 Å². The van der Waals surface area contributed by atoms with E-state index in [1.54, 1.807) is 0 Å². The molecule has 0 bridgehead atoms. The van der Waals surface area contributed by atoms with Crippen LogP contribution < -0.4 is 5.32 Å². The molecule has 3 rings (SSSR count). The van der Waals surface area contributed by atoms with E-state index in [1.807, 2.05) is 0 Å². The number of benzene rings is 1. The van der Waals surface area contributed by atoms with Crippen LogP contribution in [0.2, 0.25) is 0 Å². The van der Waals surface area contributed by atoms with E-state index in [0.717, 1.165) is 6.61 Å². The zero-order valence-electron chi connectivity index (χ0n) is 13.5. The molecule has 2 aliphatic carbocycles. The maximum absolute atomic E-state index is 6.05. The van der Waals surface area contributed by atoms with E-state index in [4.69, 9.17) is 4.74 Å². The third kappa shape index (κ3) is 2.89. The highest BCUT2D eigenvalue weighted by molar-refractivity contribution is 5.19. The van der Waals surface area contributed by atoms with Crippen LogP contribution in [0.5, 0.6) is 0 Å². The first-order chi connectivity index (χ1) is 10.3. The second-order valence-corrected chi connectivity index (χ2v) is 6.83. The van der Waals surface area contributed by atoms with Gasteiger partial charge in [0.15, 0.2) is 0 Å². The average molecular weight is 287 g/mol. The molecule has 1 N–H and O–H groups in total. The summed E-state index contributed by atoms with van der Waals surface area (Å²) in [5.74, 6) is 0. The second-order valence-electron chi connectivity index (χ2n) is 6.83. The number of hydrogen-bond donors (Lipinski definition) is 1. The summed E-state index contributed by atoms with van der Waals surface area (Å²) in [4.78, 5) is 0. The topological polar surface area (TPSA) is 21.3 Å². The molecular weight excluding hydrogens is 258 g/mol. The molecule has 0 amide bonds. The Bertz CT molecular complexity index is 438. The van der Waals surface area contributed by atoms with Gasteiger partial charge in [0.05, 0.1) is 6.10 Å². The first-order valence-corrected chi connectivity index (χ1v) is 8.69. The van der Waals surface area contributed by atoms with Gasteiger partial charge in [-0.15, -0.1) is 0 Å². The molecule has 2 saturated carbocycles. The van der Waals surface area contributed by atoms with Crippen molar-refractivity contribution in [2.45, 2.75) is 70.6 Å². The zero-order chi connectivity index (χ0) is 14.7. The zero-order valence-corrected chi connectivity index (χ0v) is 13.5. The fourth-order valence-electron chi connectivity index (χ4n) is 4.44. The Balaban J connectivity index is 1.67. The largest absolute Gasteiger partial charge is 0.378 e. The average Bonchev–Trinajstić information content (AvgIpc) is 2.55. The summed E-state index contributed by atoms with van der Waals surface area (Å²) in [6.45, 7) is 5.27. The fraction of sp³-hybridized carbons (Fsp3) is 0.684. The third-order valence-electron chi connectivity index (χ3n) is 5.69. The molecule has 3 unspecified atom stereocenters. The van der Waals surface area contributed by atoms with Crippen LogP contribution in [0.15, 0.2) is 30.3 Å². The molecule has 3 atom stereocenters. The molecule has 0 aromatic heterocycles. The van der Waals surface area contributed by atoms with Crippen LogP contribution in [0.3, 0.4) is 0 Å². The summed E-state index contributed by atoms with van der Waals surface area (Å²) in [7, 11) is 0. The van der Waals surface area contributed by atoms with Gasteiger partial charge < -0.3 is 10.1 Å². The highest BCUT2D eigenvalue weighted by Gasteiger charge is 2.55. The van der Waals surface area contributed by atoms with Crippen LogP contribution in [-0.2, 0) is 4.74 Å². The van der Waals surface area contributed by atoms with E-state index >= 15 is 0 Å². The molecule has 1 aromatic carbocycles. The van der Waals surface area contributed by atoms with Crippen LogP contribution in [0, 0.1) is 5.41 Å². The normalized spacial score (nSPS) is 29.0. The fourth-order valence-corrected chi connectivity index (χ4v) is 4.44. The molecular formula is C19H29NO. The Morgan fingerprint density at radius 1 is 1.19 bits per heavy atom. The van der Waals surface area contributed by atoms with Crippen LogP contribution in [0.25, 0.3) is 0 Å². The number of nitrogens with one attached hydrogen (secondary N) is 1. The Hall–Kier alpha value is -0.860. The summed E-state index contributed by atoms with van der Waals surface area (Å²) in [5.41, 5.74) is 1.81. The smallest absolute Gasteiger partial charge is 0.0661 e. The van der Waals surface area contributed by atoms with Gasteiger partial charge in [0, 0.05) is 24.1 Å². The lowest BCUT2D eigenvalue weighted by Gasteiger charge is -2.58. The summed E-state index contributed by atoms with van der Waals surface area (Å²) in [6.07, 6.45) is 8.52. The van der Waals surface area contributed by atoms with Crippen molar-refractivity contribution in [2.75, 3.05) is 6.61 Å². The van der Waals surface area contributed by atoms with E-state index in [1.165, 1.54) is 44.1 Å². The minimum atomic E-state index is 0.414. The van der Waals surface area contributed by atoms with E-state index in [9.17, 15) is 0 Å². The molecule has 21 heavy (non-hydrogen) atoms. The first-order valence-electron chi connectivity index (χ1n) is 8.69. The molecule has 2 heteroatoms. The second kappa shape index (κ2) is 6.50. The SMILES string of the molecule is CCOC1CC(NC(C)c2ccccc2)C12CCCCC2. The molecule has 0 heterocycles. The molecule has 1 spiro atoms. The summed E-state index contributed by atoms with van der Waals surface area (Å²) < 4.78 is 6.05. The minimum Gasteiger partial charge on any atom is -0.378 e. The Morgan fingerprint density at radius 2 is 1.90 bits per heavy atom. The van der Waals surface area contributed by atoms with Crippen molar-refractivity contribution in [1.82, 2.24) is 5.32 Å². The molecule has 0 radical (unpaired) electrons. The molecule has 0 saturated heterocycles. The maximum Gasteiger partial charge on any atom is 0.0661 e. The molecule has 1 aromatic rings. The molecule has 116 valence electrons. The monoisotopic (exact) mass is 287 g/mol. The van der Waals surface area contributed by atoms with Crippen LogP contribution in [0.4, 0.5) is 0 Å². The van der Waals surface area contributed by atoms with Gasteiger partial charge in [0.1, 0.15) is 0 Å². The van der Waals surface area contributed by atoms with Crippen molar-refractivity contribution in [3.8, 4) is 0 Å². The molecule has 0 aliphatic heterocycles. The van der Waals surface area contributed by atoms with Gasteiger partial charge in [-0.1, -0.05) is 49.6 Å². The van der Waals surface area contributed by atoms with Crippen molar-refractivity contribution in [2.24, 2.45) is 5.41 Å². The van der Waals surface area contributed by atoms with E-state index < -0.39 is 0 Å². The predicted molar refractivity (Wildman–Crippen MR) is 87.3 cm³/mol. The van der Waals surface area contributed by atoms with E-state index in [-0.39, 0.29) is 0 Å². The summed E-state index contributed by atoms with van der Waals surface area (Å²) >= 11 is 0. The van der Waals surface area contributed by atoms with Crippen molar-refractivity contribution in [1.29, 1.82) is 0 Å². The van der Waals surface area contributed by atoms with Gasteiger partial charge in [0.25, 0.3) is 0 Å². The van der Waals surface area contributed by atoms with Crippen LogP contribution in [-0.4, -0.2) is 18.8 Å². The highest BCUT2D eigenvalue weighted by Crippen LogP contribution is 2.53. The predicted octanol–water partition coefficient (Wildman–Crippen LogP) is 4.47. The first kappa shape index (κ1) is 15.1. The summed E-state index contributed by atoms with van der Waals surface area (Å²) in [5, 5.41) is 3.90. The van der Waals surface area contributed by atoms with Gasteiger partial charge >= 0.3 is 0 Å². The van der Waals surface area contributed by atoms with E-state index in [2.05, 4.69) is 49.5 Å². The number of hydrogen-bond acceptors (Lipinski definition) is 2. The van der Waals surface area contributed by atoms with Gasteiger partial charge in [0.2, 0.25) is 0 Å². The van der Waals surface area contributed by atoms with Gasteiger partial charge in [-0.2, -0.15) is 0 Å². The molecule has 2 aliphatic rings.